The van der Waals surface area contributed by atoms with Crippen molar-refractivity contribution in [2.24, 2.45) is 5.14 Å². The number of benzene rings is 2. The molecule has 158 valence electrons. The lowest BCUT2D eigenvalue weighted by Crippen LogP contribution is -2.48. The summed E-state index contributed by atoms with van der Waals surface area (Å²) >= 11 is 0. The first-order valence-electron chi connectivity index (χ1n) is 8.97. The molecule has 0 saturated carbocycles. The van der Waals surface area contributed by atoms with Crippen LogP contribution in [0.4, 0.5) is 8.78 Å². The van der Waals surface area contributed by atoms with Crippen LogP contribution in [-0.2, 0) is 21.2 Å². The number of hydrogen-bond acceptors (Lipinski definition) is 4. The van der Waals surface area contributed by atoms with Crippen LogP contribution in [0.2, 0.25) is 0 Å². The zero-order valence-electron chi connectivity index (χ0n) is 16.0. The zero-order valence-corrected chi connectivity index (χ0v) is 16.8. The van der Waals surface area contributed by atoms with E-state index in [2.05, 4.69) is 4.98 Å². The largest absolute Gasteiger partial charge is 0.391 e. The Morgan fingerprint density at radius 2 is 1.80 bits per heavy atom. The molecule has 0 aliphatic rings. The lowest BCUT2D eigenvalue weighted by molar-refractivity contribution is 0.102. The lowest BCUT2D eigenvalue weighted by Gasteiger charge is -2.32. The number of hydrogen-bond donors (Lipinski definition) is 3. The summed E-state index contributed by atoms with van der Waals surface area (Å²) in [5.41, 5.74) is 0.360. The van der Waals surface area contributed by atoms with E-state index in [0.29, 0.717) is 17.3 Å². The SMILES string of the molecule is CC(c1ccccc1)(C(O)Cc1ccc(C(=O)c2ccc(F)cc2F)[nH]1)S(N)(=O)=O. The molecule has 3 rings (SSSR count). The molecule has 9 heteroatoms. The van der Waals surface area contributed by atoms with Gasteiger partial charge in [0.05, 0.1) is 17.4 Å². The quantitative estimate of drug-likeness (QED) is 0.496. The second-order valence-corrected chi connectivity index (χ2v) is 9.03. The Kier molecular flexibility index (Phi) is 5.89. The first-order valence-corrected chi connectivity index (χ1v) is 10.5. The smallest absolute Gasteiger partial charge is 0.221 e. The molecule has 6 nitrogen and oxygen atoms in total. The van der Waals surface area contributed by atoms with E-state index in [1.807, 2.05) is 0 Å². The molecule has 30 heavy (non-hydrogen) atoms. The Balaban J connectivity index is 1.88. The monoisotopic (exact) mass is 434 g/mol. The summed E-state index contributed by atoms with van der Waals surface area (Å²) < 4.78 is 49.8. The fourth-order valence-corrected chi connectivity index (χ4v) is 4.16. The molecule has 0 fully saturated rings. The average Bonchev–Trinajstić information content (AvgIpc) is 3.15. The second kappa shape index (κ2) is 8.10. The van der Waals surface area contributed by atoms with E-state index in [4.69, 9.17) is 5.14 Å². The average molecular weight is 434 g/mol. The van der Waals surface area contributed by atoms with E-state index < -0.39 is 38.3 Å². The number of carbonyl (C=O) groups is 1. The number of halogens is 2. The zero-order chi connectivity index (χ0) is 22.1. The van der Waals surface area contributed by atoms with Gasteiger partial charge in [-0.25, -0.2) is 22.3 Å². The summed E-state index contributed by atoms with van der Waals surface area (Å²) in [5, 5.41) is 16.2. The fourth-order valence-electron chi connectivity index (χ4n) is 3.23. The van der Waals surface area contributed by atoms with Crippen LogP contribution >= 0.6 is 0 Å². The van der Waals surface area contributed by atoms with E-state index in [9.17, 15) is 27.1 Å². The van der Waals surface area contributed by atoms with Crippen molar-refractivity contribution in [3.05, 3.63) is 94.8 Å². The van der Waals surface area contributed by atoms with Crippen LogP contribution in [0.3, 0.4) is 0 Å². The van der Waals surface area contributed by atoms with Crippen molar-refractivity contribution in [3.63, 3.8) is 0 Å². The Morgan fingerprint density at radius 3 is 2.40 bits per heavy atom. The van der Waals surface area contributed by atoms with E-state index in [0.717, 1.165) is 12.1 Å². The van der Waals surface area contributed by atoms with Gasteiger partial charge in [-0.05, 0) is 36.8 Å². The van der Waals surface area contributed by atoms with Crippen molar-refractivity contribution >= 4 is 15.8 Å². The maximum atomic E-state index is 13.9. The summed E-state index contributed by atoms with van der Waals surface area (Å²) in [5.74, 6) is -2.50. The molecule has 0 saturated heterocycles. The van der Waals surface area contributed by atoms with Crippen LogP contribution in [0.15, 0.2) is 60.7 Å². The van der Waals surface area contributed by atoms with Crippen LogP contribution in [-0.4, -0.2) is 30.4 Å². The summed E-state index contributed by atoms with van der Waals surface area (Å²) in [7, 11) is -4.21. The van der Waals surface area contributed by atoms with E-state index in [1.165, 1.54) is 19.1 Å². The highest BCUT2D eigenvalue weighted by molar-refractivity contribution is 7.90. The van der Waals surface area contributed by atoms with Crippen LogP contribution in [0.25, 0.3) is 0 Å². The van der Waals surface area contributed by atoms with Crippen LogP contribution in [0.5, 0.6) is 0 Å². The number of aliphatic hydroxyl groups excluding tert-OH is 1. The molecule has 3 aromatic rings. The van der Waals surface area contributed by atoms with Gasteiger partial charge in [0.25, 0.3) is 0 Å². The summed E-state index contributed by atoms with van der Waals surface area (Å²) in [6, 6.07) is 13.5. The molecule has 0 amide bonds. The van der Waals surface area contributed by atoms with Crippen molar-refractivity contribution in [2.45, 2.75) is 24.2 Å². The van der Waals surface area contributed by atoms with E-state index in [1.54, 1.807) is 30.3 Å². The normalized spacial score (nSPS) is 14.8. The maximum Gasteiger partial charge on any atom is 0.221 e. The topological polar surface area (TPSA) is 113 Å². The van der Waals surface area contributed by atoms with Gasteiger partial charge in [-0.15, -0.1) is 0 Å². The molecule has 0 aliphatic heterocycles. The molecular formula is C21H20F2N2O4S. The number of aromatic nitrogens is 1. The van der Waals surface area contributed by atoms with E-state index >= 15 is 0 Å². The number of ketones is 1. The predicted octanol–water partition coefficient (Wildman–Crippen LogP) is 2.63. The molecule has 1 heterocycles. The number of aliphatic hydroxyl groups is 1. The van der Waals surface area contributed by atoms with Crippen molar-refractivity contribution in [3.8, 4) is 0 Å². The molecule has 0 radical (unpaired) electrons. The second-order valence-electron chi connectivity index (χ2n) is 7.09. The van der Waals surface area contributed by atoms with Gasteiger partial charge in [0.15, 0.2) is 0 Å². The van der Waals surface area contributed by atoms with Crippen LogP contribution < -0.4 is 5.14 Å². The third-order valence-corrected chi connectivity index (χ3v) is 6.84. The Hall–Kier alpha value is -2.88. The predicted molar refractivity (Wildman–Crippen MR) is 107 cm³/mol. The summed E-state index contributed by atoms with van der Waals surface area (Å²) in [4.78, 5) is 15.2. The number of primary sulfonamides is 1. The van der Waals surface area contributed by atoms with Crippen molar-refractivity contribution in [2.75, 3.05) is 0 Å². The lowest BCUT2D eigenvalue weighted by atomic mass is 9.91. The number of nitrogens with one attached hydrogen (secondary N) is 1. The van der Waals surface area contributed by atoms with Gasteiger partial charge in [-0.2, -0.15) is 0 Å². The minimum atomic E-state index is -4.21. The minimum Gasteiger partial charge on any atom is -0.391 e. The number of carbonyl (C=O) groups excluding carboxylic acids is 1. The number of H-pyrrole nitrogens is 1. The third-order valence-electron chi connectivity index (χ3n) is 5.15. The van der Waals surface area contributed by atoms with Crippen molar-refractivity contribution in [1.29, 1.82) is 0 Å². The highest BCUT2D eigenvalue weighted by Crippen LogP contribution is 2.33. The summed E-state index contributed by atoms with van der Waals surface area (Å²) in [6.45, 7) is 1.32. The number of aromatic amines is 1. The van der Waals surface area contributed by atoms with E-state index in [-0.39, 0.29) is 17.7 Å². The molecule has 2 unspecified atom stereocenters. The number of sulfonamides is 1. The Bertz CT molecular complexity index is 1180. The van der Waals surface area contributed by atoms with Gasteiger partial charge in [0, 0.05) is 18.2 Å². The molecule has 0 bridgehead atoms. The molecule has 2 aromatic carbocycles. The highest BCUT2D eigenvalue weighted by Gasteiger charge is 2.45. The highest BCUT2D eigenvalue weighted by atomic mass is 32.2. The molecular weight excluding hydrogens is 414 g/mol. The van der Waals surface area contributed by atoms with Gasteiger partial charge >= 0.3 is 0 Å². The first kappa shape index (κ1) is 21.8. The maximum absolute atomic E-state index is 13.9. The van der Waals surface area contributed by atoms with Crippen molar-refractivity contribution < 1.29 is 27.1 Å². The van der Waals surface area contributed by atoms with Crippen LogP contribution in [0.1, 0.15) is 34.2 Å². The molecule has 2 atom stereocenters. The minimum absolute atomic E-state index is 0.0136. The fraction of sp³-hybridized carbons (Fsp3) is 0.190. The van der Waals surface area contributed by atoms with Gasteiger partial charge in [-0.3, -0.25) is 4.79 Å². The molecule has 1 aromatic heterocycles. The standard InChI is InChI=1S/C21H20F2N2O4S/c1-21(30(24,28)29,13-5-3-2-4-6-13)19(26)12-15-8-10-18(25-15)20(27)16-9-7-14(22)11-17(16)23/h2-11,19,25-26H,12H2,1H3,(H2,24,28,29). The molecule has 4 N–H and O–H groups in total. The number of nitrogens with two attached hydrogens (primary N) is 1. The van der Waals surface area contributed by atoms with Crippen LogP contribution in [0, 0.1) is 11.6 Å². The first-order chi connectivity index (χ1) is 14.0. The van der Waals surface area contributed by atoms with Gasteiger partial charge in [-0.1, -0.05) is 30.3 Å². The van der Waals surface area contributed by atoms with Crippen molar-refractivity contribution in [1.82, 2.24) is 4.98 Å². The van der Waals surface area contributed by atoms with Gasteiger partial charge < -0.3 is 10.1 Å². The third kappa shape index (κ3) is 4.04. The summed E-state index contributed by atoms with van der Waals surface area (Å²) in [6.07, 6.45) is -1.61. The molecule has 0 aliphatic carbocycles. The van der Waals surface area contributed by atoms with Gasteiger partial charge in [0.2, 0.25) is 15.8 Å². The molecule has 0 spiro atoms. The number of rotatable bonds is 7. The Morgan fingerprint density at radius 1 is 1.13 bits per heavy atom. The Labute approximate surface area is 172 Å². The van der Waals surface area contributed by atoms with Gasteiger partial charge in [0.1, 0.15) is 16.4 Å².